The number of rotatable bonds is 6. The van der Waals surface area contributed by atoms with Crippen LogP contribution < -0.4 is 5.32 Å². The van der Waals surface area contributed by atoms with E-state index in [1.54, 1.807) is 17.0 Å². The van der Waals surface area contributed by atoms with Gasteiger partial charge in [0.1, 0.15) is 6.04 Å². The van der Waals surface area contributed by atoms with Crippen molar-refractivity contribution in [1.29, 1.82) is 0 Å². The Morgan fingerprint density at radius 3 is 2.37 bits per heavy atom. The molecule has 1 atom stereocenters. The molecular weight excluding hydrogens is 340 g/mol. The molecule has 4 rings (SSSR count). The molecule has 2 aliphatic rings. The fourth-order valence-corrected chi connectivity index (χ4v) is 3.91. The Morgan fingerprint density at radius 2 is 1.78 bits per heavy atom. The summed E-state index contributed by atoms with van der Waals surface area (Å²) in [4.78, 5) is 28.2. The first kappa shape index (κ1) is 17.8. The second-order valence-electron chi connectivity index (χ2n) is 7.72. The predicted octanol–water partition coefficient (Wildman–Crippen LogP) is 3.99. The molecule has 2 amide bonds. The number of furan rings is 1. The Labute approximate surface area is 159 Å². The van der Waals surface area contributed by atoms with Gasteiger partial charge >= 0.3 is 0 Å². The summed E-state index contributed by atoms with van der Waals surface area (Å²) in [5.74, 6) is -0.0140. The number of nitrogens with one attached hydrogen (secondary N) is 1. The van der Waals surface area contributed by atoms with Gasteiger partial charge in [-0.15, -0.1) is 0 Å². The van der Waals surface area contributed by atoms with Crippen LogP contribution >= 0.6 is 0 Å². The first-order valence-electron chi connectivity index (χ1n) is 9.86. The first-order valence-corrected chi connectivity index (χ1v) is 9.86. The highest BCUT2D eigenvalue weighted by Crippen LogP contribution is 2.36. The van der Waals surface area contributed by atoms with Gasteiger partial charge in [-0.3, -0.25) is 9.59 Å². The highest BCUT2D eigenvalue weighted by atomic mass is 16.3. The maximum Gasteiger partial charge on any atom is 0.290 e. The molecule has 0 radical (unpaired) electrons. The fraction of sp³-hybridized carbons (Fsp3) is 0.455. The molecule has 1 aromatic heterocycles. The van der Waals surface area contributed by atoms with Crippen molar-refractivity contribution >= 4 is 11.8 Å². The molecule has 1 N–H and O–H groups in total. The molecule has 0 aliphatic heterocycles. The molecule has 2 aromatic rings. The summed E-state index contributed by atoms with van der Waals surface area (Å²) in [6.45, 7) is 2.02. The molecule has 27 heavy (non-hydrogen) atoms. The van der Waals surface area contributed by atoms with Gasteiger partial charge in [0.15, 0.2) is 5.76 Å². The van der Waals surface area contributed by atoms with Crippen LogP contribution in [0.3, 0.4) is 0 Å². The Morgan fingerprint density at radius 1 is 1.07 bits per heavy atom. The van der Waals surface area contributed by atoms with E-state index < -0.39 is 6.04 Å². The van der Waals surface area contributed by atoms with Gasteiger partial charge in [0.25, 0.3) is 5.91 Å². The lowest BCUT2D eigenvalue weighted by molar-refractivity contribution is -0.126. The summed E-state index contributed by atoms with van der Waals surface area (Å²) in [5, 5.41) is 3.19. The van der Waals surface area contributed by atoms with E-state index >= 15 is 0 Å². The number of hydrogen-bond donors (Lipinski definition) is 1. The van der Waals surface area contributed by atoms with Crippen LogP contribution in [-0.2, 0) is 4.79 Å². The van der Waals surface area contributed by atoms with Crippen LogP contribution in [0.4, 0.5) is 0 Å². The zero-order chi connectivity index (χ0) is 18.8. The van der Waals surface area contributed by atoms with Crippen molar-refractivity contribution < 1.29 is 14.0 Å². The molecule has 142 valence electrons. The third-order valence-electron chi connectivity index (χ3n) is 5.53. The minimum absolute atomic E-state index is 0.0856. The molecule has 0 saturated heterocycles. The number of nitrogens with zero attached hydrogens (tertiary/aromatic N) is 1. The van der Waals surface area contributed by atoms with Crippen molar-refractivity contribution in [2.75, 3.05) is 0 Å². The van der Waals surface area contributed by atoms with Crippen LogP contribution in [0.2, 0.25) is 0 Å². The van der Waals surface area contributed by atoms with E-state index in [1.165, 1.54) is 6.26 Å². The van der Waals surface area contributed by atoms with Crippen LogP contribution in [0.1, 0.15) is 66.2 Å². The molecule has 5 heteroatoms. The summed E-state index contributed by atoms with van der Waals surface area (Å²) in [5.41, 5.74) is 1.98. The van der Waals surface area contributed by atoms with Crippen molar-refractivity contribution in [3.63, 3.8) is 0 Å². The predicted molar refractivity (Wildman–Crippen MR) is 102 cm³/mol. The second-order valence-corrected chi connectivity index (χ2v) is 7.72. The molecule has 5 nitrogen and oxygen atoms in total. The minimum atomic E-state index is -0.628. The summed E-state index contributed by atoms with van der Waals surface area (Å²) in [6.07, 6.45) is 7.67. The normalized spacial score (nSPS) is 18.3. The summed E-state index contributed by atoms with van der Waals surface area (Å²) < 4.78 is 5.35. The zero-order valence-corrected chi connectivity index (χ0v) is 15.7. The minimum Gasteiger partial charge on any atom is -0.459 e. The SMILES string of the molecule is Cc1ccc(C(C(=O)NC2CCCC2)N(C(=O)c2ccco2)C2CC2)cc1. The van der Waals surface area contributed by atoms with Crippen molar-refractivity contribution in [2.24, 2.45) is 0 Å². The number of benzene rings is 1. The van der Waals surface area contributed by atoms with E-state index in [1.807, 2.05) is 31.2 Å². The van der Waals surface area contributed by atoms with E-state index in [0.29, 0.717) is 0 Å². The molecule has 0 bridgehead atoms. The van der Waals surface area contributed by atoms with Crippen molar-refractivity contribution in [1.82, 2.24) is 10.2 Å². The van der Waals surface area contributed by atoms with Crippen molar-refractivity contribution in [2.45, 2.75) is 63.6 Å². The number of aryl methyl sites for hydroxylation is 1. The van der Waals surface area contributed by atoms with Crippen molar-refractivity contribution in [3.8, 4) is 0 Å². The quantitative estimate of drug-likeness (QED) is 0.841. The van der Waals surface area contributed by atoms with E-state index in [9.17, 15) is 9.59 Å². The molecule has 2 fully saturated rings. The zero-order valence-electron chi connectivity index (χ0n) is 15.7. The number of amides is 2. The lowest BCUT2D eigenvalue weighted by Crippen LogP contribution is -2.47. The molecule has 2 saturated carbocycles. The molecule has 0 spiro atoms. The maximum atomic E-state index is 13.3. The van der Waals surface area contributed by atoms with E-state index in [0.717, 1.165) is 49.7 Å². The number of carbonyl (C=O) groups is 2. The monoisotopic (exact) mass is 366 g/mol. The van der Waals surface area contributed by atoms with Crippen LogP contribution in [0.15, 0.2) is 47.1 Å². The van der Waals surface area contributed by atoms with Gasteiger partial charge in [0.05, 0.1) is 6.26 Å². The Hall–Kier alpha value is -2.56. The molecule has 1 heterocycles. The van der Waals surface area contributed by atoms with Crippen LogP contribution in [-0.4, -0.2) is 28.8 Å². The van der Waals surface area contributed by atoms with Gasteiger partial charge in [0.2, 0.25) is 5.91 Å². The standard InChI is InChI=1S/C22H26N2O3/c1-15-8-10-16(11-9-15)20(21(25)23-17-5-2-3-6-17)24(18-12-13-18)22(26)19-7-4-14-27-19/h4,7-11,14,17-18,20H,2-3,5-6,12-13H2,1H3,(H,23,25). The van der Waals surface area contributed by atoms with Gasteiger partial charge in [-0.05, 0) is 50.3 Å². The highest BCUT2D eigenvalue weighted by molar-refractivity contribution is 5.96. The van der Waals surface area contributed by atoms with E-state index in [2.05, 4.69) is 5.32 Å². The molecule has 2 aliphatic carbocycles. The second kappa shape index (κ2) is 7.59. The highest BCUT2D eigenvalue weighted by Gasteiger charge is 2.42. The van der Waals surface area contributed by atoms with Gasteiger partial charge in [-0.25, -0.2) is 0 Å². The Bertz CT molecular complexity index is 787. The Kier molecular flexibility index (Phi) is 5.01. The maximum absolute atomic E-state index is 13.3. The van der Waals surface area contributed by atoms with Crippen molar-refractivity contribution in [3.05, 3.63) is 59.5 Å². The summed E-state index contributed by atoms with van der Waals surface area (Å²) in [7, 11) is 0. The van der Waals surface area contributed by atoms with Crippen LogP contribution in [0, 0.1) is 6.92 Å². The van der Waals surface area contributed by atoms with Gasteiger partial charge in [-0.2, -0.15) is 0 Å². The summed E-state index contributed by atoms with van der Waals surface area (Å²) >= 11 is 0. The third kappa shape index (κ3) is 3.92. The smallest absolute Gasteiger partial charge is 0.290 e. The molecular formula is C22H26N2O3. The van der Waals surface area contributed by atoms with E-state index in [4.69, 9.17) is 4.42 Å². The van der Waals surface area contributed by atoms with Gasteiger partial charge in [-0.1, -0.05) is 42.7 Å². The molecule has 1 aromatic carbocycles. The van der Waals surface area contributed by atoms with E-state index in [-0.39, 0.29) is 29.7 Å². The number of carbonyl (C=O) groups excluding carboxylic acids is 2. The first-order chi connectivity index (χ1) is 13.1. The third-order valence-corrected chi connectivity index (χ3v) is 5.53. The average molecular weight is 366 g/mol. The van der Waals surface area contributed by atoms with Crippen LogP contribution in [0.5, 0.6) is 0 Å². The topological polar surface area (TPSA) is 62.6 Å². The lowest BCUT2D eigenvalue weighted by atomic mass is 10.0. The summed E-state index contributed by atoms with van der Waals surface area (Å²) in [6, 6.07) is 10.9. The number of hydrogen-bond acceptors (Lipinski definition) is 3. The van der Waals surface area contributed by atoms with Gasteiger partial charge < -0.3 is 14.6 Å². The fourth-order valence-electron chi connectivity index (χ4n) is 3.91. The lowest BCUT2D eigenvalue weighted by Gasteiger charge is -2.32. The average Bonchev–Trinajstić information content (AvgIpc) is 3.11. The van der Waals surface area contributed by atoms with Gasteiger partial charge in [0, 0.05) is 12.1 Å². The largest absolute Gasteiger partial charge is 0.459 e. The van der Waals surface area contributed by atoms with Crippen LogP contribution in [0.25, 0.3) is 0 Å². The molecule has 1 unspecified atom stereocenters. The Balaban J connectivity index is 1.67.